The Morgan fingerprint density at radius 1 is 1.60 bits per heavy atom. The molecular formula is C7H15NO2. The van der Waals surface area contributed by atoms with Crippen molar-refractivity contribution in [2.45, 2.75) is 6.42 Å². The Bertz CT molecular complexity index is 81.7. The standard InChI is InChI=1S/C7H15NO2/c9-3-4-10-6-7-1-2-8-5-7/h7-9H,1-6H2. The van der Waals surface area contributed by atoms with Crippen molar-refractivity contribution in [1.29, 1.82) is 0 Å². The largest absolute Gasteiger partial charge is 0.394 e. The highest BCUT2D eigenvalue weighted by molar-refractivity contribution is 4.69. The highest BCUT2D eigenvalue weighted by Gasteiger charge is 2.13. The van der Waals surface area contributed by atoms with Crippen molar-refractivity contribution in [3.8, 4) is 0 Å². The van der Waals surface area contributed by atoms with Gasteiger partial charge in [0.2, 0.25) is 0 Å². The molecule has 0 bridgehead atoms. The van der Waals surface area contributed by atoms with Crippen LogP contribution < -0.4 is 5.32 Å². The zero-order valence-corrected chi connectivity index (χ0v) is 6.18. The van der Waals surface area contributed by atoms with E-state index in [1.165, 1.54) is 6.42 Å². The summed E-state index contributed by atoms with van der Waals surface area (Å²) in [7, 11) is 0. The number of hydrogen-bond acceptors (Lipinski definition) is 3. The van der Waals surface area contributed by atoms with E-state index in [0.717, 1.165) is 19.7 Å². The highest BCUT2D eigenvalue weighted by atomic mass is 16.5. The van der Waals surface area contributed by atoms with Gasteiger partial charge in [-0.3, -0.25) is 0 Å². The molecule has 1 saturated heterocycles. The van der Waals surface area contributed by atoms with Gasteiger partial charge in [-0.1, -0.05) is 0 Å². The second-order valence-corrected chi connectivity index (χ2v) is 2.66. The summed E-state index contributed by atoms with van der Waals surface area (Å²) in [5.74, 6) is 0.673. The van der Waals surface area contributed by atoms with Crippen molar-refractivity contribution in [3.05, 3.63) is 0 Å². The normalized spacial score (nSPS) is 25.5. The van der Waals surface area contributed by atoms with Gasteiger partial charge in [-0.05, 0) is 18.9 Å². The van der Waals surface area contributed by atoms with Gasteiger partial charge >= 0.3 is 0 Å². The zero-order chi connectivity index (χ0) is 7.23. The van der Waals surface area contributed by atoms with Gasteiger partial charge in [-0.25, -0.2) is 0 Å². The molecule has 1 atom stereocenters. The second kappa shape index (κ2) is 4.66. The summed E-state index contributed by atoms with van der Waals surface area (Å²) < 4.78 is 5.18. The van der Waals surface area contributed by atoms with Crippen LogP contribution in [0.5, 0.6) is 0 Å². The maximum Gasteiger partial charge on any atom is 0.0697 e. The molecule has 0 spiro atoms. The summed E-state index contributed by atoms with van der Waals surface area (Å²) in [6, 6.07) is 0. The summed E-state index contributed by atoms with van der Waals surface area (Å²) in [6.07, 6.45) is 1.21. The van der Waals surface area contributed by atoms with Gasteiger partial charge in [0, 0.05) is 6.54 Å². The van der Waals surface area contributed by atoms with Crippen molar-refractivity contribution in [1.82, 2.24) is 5.32 Å². The molecule has 0 saturated carbocycles. The fourth-order valence-electron chi connectivity index (χ4n) is 1.17. The number of aliphatic hydroxyl groups excluding tert-OH is 1. The first-order valence-corrected chi connectivity index (χ1v) is 3.83. The van der Waals surface area contributed by atoms with E-state index in [2.05, 4.69) is 5.32 Å². The third kappa shape index (κ3) is 2.64. The van der Waals surface area contributed by atoms with Crippen molar-refractivity contribution in [2.24, 2.45) is 5.92 Å². The monoisotopic (exact) mass is 145 g/mol. The number of hydrogen-bond donors (Lipinski definition) is 2. The van der Waals surface area contributed by atoms with E-state index in [0.29, 0.717) is 12.5 Å². The molecule has 0 amide bonds. The maximum absolute atomic E-state index is 8.40. The van der Waals surface area contributed by atoms with Crippen LogP contribution in [0.2, 0.25) is 0 Å². The third-order valence-corrected chi connectivity index (χ3v) is 1.75. The zero-order valence-electron chi connectivity index (χ0n) is 6.18. The quantitative estimate of drug-likeness (QED) is 0.529. The molecule has 0 aromatic carbocycles. The summed E-state index contributed by atoms with van der Waals surface area (Å²) >= 11 is 0. The van der Waals surface area contributed by atoms with Crippen molar-refractivity contribution >= 4 is 0 Å². The second-order valence-electron chi connectivity index (χ2n) is 2.66. The van der Waals surface area contributed by atoms with Crippen LogP contribution in [0, 0.1) is 5.92 Å². The molecule has 60 valence electrons. The Balaban J connectivity index is 1.91. The molecule has 0 aromatic rings. The van der Waals surface area contributed by atoms with E-state index >= 15 is 0 Å². The van der Waals surface area contributed by atoms with Gasteiger partial charge in [-0.15, -0.1) is 0 Å². The molecule has 1 heterocycles. The SMILES string of the molecule is OCCOCC1CCNC1. The fraction of sp³-hybridized carbons (Fsp3) is 1.00. The minimum Gasteiger partial charge on any atom is -0.394 e. The van der Waals surface area contributed by atoms with Crippen LogP contribution in [0.1, 0.15) is 6.42 Å². The van der Waals surface area contributed by atoms with Crippen LogP contribution in [0.25, 0.3) is 0 Å². The molecule has 1 aliphatic rings. The highest BCUT2D eigenvalue weighted by Crippen LogP contribution is 2.06. The first kappa shape index (κ1) is 7.98. The van der Waals surface area contributed by atoms with Crippen LogP contribution >= 0.6 is 0 Å². The van der Waals surface area contributed by atoms with Gasteiger partial charge in [0.1, 0.15) is 0 Å². The minimum atomic E-state index is 0.139. The Labute approximate surface area is 61.4 Å². The van der Waals surface area contributed by atoms with Crippen molar-refractivity contribution in [2.75, 3.05) is 32.9 Å². The molecule has 3 nitrogen and oxygen atoms in total. The van der Waals surface area contributed by atoms with E-state index in [4.69, 9.17) is 9.84 Å². The molecular weight excluding hydrogens is 130 g/mol. The summed E-state index contributed by atoms with van der Waals surface area (Å²) in [6.45, 7) is 3.61. The molecule has 0 aromatic heterocycles. The van der Waals surface area contributed by atoms with Crippen LogP contribution in [0.4, 0.5) is 0 Å². The van der Waals surface area contributed by atoms with Gasteiger partial charge in [0.25, 0.3) is 0 Å². The third-order valence-electron chi connectivity index (χ3n) is 1.75. The van der Waals surface area contributed by atoms with E-state index in [-0.39, 0.29) is 6.61 Å². The first-order chi connectivity index (χ1) is 4.93. The average molecular weight is 145 g/mol. The van der Waals surface area contributed by atoms with Gasteiger partial charge < -0.3 is 15.2 Å². The molecule has 0 aliphatic carbocycles. The van der Waals surface area contributed by atoms with Crippen LogP contribution in [0.3, 0.4) is 0 Å². The van der Waals surface area contributed by atoms with E-state index in [1.807, 2.05) is 0 Å². The van der Waals surface area contributed by atoms with E-state index < -0.39 is 0 Å². The van der Waals surface area contributed by atoms with Gasteiger partial charge in [0.15, 0.2) is 0 Å². The summed E-state index contributed by atoms with van der Waals surface area (Å²) in [4.78, 5) is 0. The predicted octanol–water partition coefficient (Wildman–Crippen LogP) is -0.395. The molecule has 10 heavy (non-hydrogen) atoms. The average Bonchev–Trinajstić information content (AvgIpc) is 2.41. The lowest BCUT2D eigenvalue weighted by atomic mass is 10.1. The van der Waals surface area contributed by atoms with Crippen LogP contribution in [-0.2, 0) is 4.74 Å². The Morgan fingerprint density at radius 2 is 2.50 bits per heavy atom. The Morgan fingerprint density at radius 3 is 3.10 bits per heavy atom. The van der Waals surface area contributed by atoms with E-state index in [9.17, 15) is 0 Å². The lowest BCUT2D eigenvalue weighted by Gasteiger charge is -2.06. The molecule has 1 rings (SSSR count). The predicted molar refractivity (Wildman–Crippen MR) is 38.9 cm³/mol. The molecule has 2 N–H and O–H groups in total. The lowest BCUT2D eigenvalue weighted by Crippen LogP contribution is -2.14. The van der Waals surface area contributed by atoms with Gasteiger partial charge in [-0.2, -0.15) is 0 Å². The Hall–Kier alpha value is -0.120. The molecule has 1 unspecified atom stereocenters. The summed E-state index contributed by atoms with van der Waals surface area (Å²) in [5.41, 5.74) is 0. The molecule has 1 aliphatic heterocycles. The van der Waals surface area contributed by atoms with Crippen molar-refractivity contribution in [3.63, 3.8) is 0 Å². The van der Waals surface area contributed by atoms with Crippen molar-refractivity contribution < 1.29 is 9.84 Å². The molecule has 3 heteroatoms. The van der Waals surface area contributed by atoms with Crippen LogP contribution in [-0.4, -0.2) is 38.0 Å². The maximum atomic E-state index is 8.40. The van der Waals surface area contributed by atoms with E-state index in [1.54, 1.807) is 0 Å². The lowest BCUT2D eigenvalue weighted by molar-refractivity contribution is 0.0718. The number of aliphatic hydroxyl groups is 1. The van der Waals surface area contributed by atoms with Gasteiger partial charge in [0.05, 0.1) is 19.8 Å². The molecule has 0 radical (unpaired) electrons. The minimum absolute atomic E-state index is 0.139. The number of ether oxygens (including phenoxy) is 1. The number of rotatable bonds is 4. The first-order valence-electron chi connectivity index (χ1n) is 3.83. The smallest absolute Gasteiger partial charge is 0.0697 e. The fourth-order valence-corrected chi connectivity index (χ4v) is 1.17. The summed E-state index contributed by atoms with van der Waals surface area (Å²) in [5, 5.41) is 11.7. The van der Waals surface area contributed by atoms with Crippen LogP contribution in [0.15, 0.2) is 0 Å². The topological polar surface area (TPSA) is 41.5 Å². The number of nitrogens with one attached hydrogen (secondary N) is 1. The Kier molecular flexibility index (Phi) is 3.72. The molecule has 1 fully saturated rings.